The van der Waals surface area contributed by atoms with Crippen LogP contribution in [0, 0.1) is 5.82 Å². The van der Waals surface area contributed by atoms with Crippen LogP contribution >= 0.6 is 0 Å². The molecule has 0 aliphatic rings. The minimum absolute atomic E-state index is 0.232. The summed E-state index contributed by atoms with van der Waals surface area (Å²) >= 11 is 0. The van der Waals surface area contributed by atoms with Gasteiger partial charge in [0.1, 0.15) is 0 Å². The molecule has 0 radical (unpaired) electrons. The van der Waals surface area contributed by atoms with Crippen molar-refractivity contribution in [3.05, 3.63) is 29.1 Å². The minimum Gasteiger partial charge on any atom is -0.493 e. The highest BCUT2D eigenvalue weighted by Gasteiger charge is 2.32. The summed E-state index contributed by atoms with van der Waals surface area (Å²) in [5.74, 6) is -1.51. The third-order valence-electron chi connectivity index (χ3n) is 1.82. The lowest BCUT2D eigenvalue weighted by atomic mass is 10.1. The van der Waals surface area contributed by atoms with Gasteiger partial charge in [-0.3, -0.25) is 0 Å². The second-order valence-corrected chi connectivity index (χ2v) is 2.81. The van der Waals surface area contributed by atoms with Gasteiger partial charge in [-0.2, -0.15) is 13.2 Å². The molecule has 0 atom stereocenters. The molecule has 0 aliphatic heterocycles. The molecule has 0 spiro atoms. The third kappa shape index (κ3) is 2.38. The monoisotopic (exact) mass is 224 g/mol. The van der Waals surface area contributed by atoms with E-state index in [-0.39, 0.29) is 11.3 Å². The van der Waals surface area contributed by atoms with Gasteiger partial charge in [-0.15, -0.1) is 0 Å². The standard InChI is InChI=1S/C9H8F4O2/c1-15-8-5(4-14)2-6(3-7(8)10)9(11,12)13/h2-3,14H,4H2,1H3. The molecule has 0 aromatic heterocycles. The number of aliphatic hydroxyl groups is 1. The molecule has 84 valence electrons. The minimum atomic E-state index is -4.64. The van der Waals surface area contributed by atoms with Crippen molar-refractivity contribution >= 4 is 0 Å². The molecule has 1 rings (SSSR count). The molecular formula is C9H8F4O2. The lowest BCUT2D eigenvalue weighted by molar-refractivity contribution is -0.137. The average molecular weight is 224 g/mol. The second kappa shape index (κ2) is 4.06. The summed E-state index contributed by atoms with van der Waals surface area (Å²) in [5, 5.41) is 8.75. The largest absolute Gasteiger partial charge is 0.493 e. The molecule has 0 aliphatic carbocycles. The number of hydrogen-bond donors (Lipinski definition) is 1. The zero-order valence-electron chi connectivity index (χ0n) is 7.73. The molecule has 1 aromatic carbocycles. The summed E-state index contributed by atoms with van der Waals surface area (Å²) in [6.07, 6.45) is -4.64. The van der Waals surface area contributed by atoms with Crippen molar-refractivity contribution < 1.29 is 27.4 Å². The van der Waals surface area contributed by atoms with Crippen LogP contribution in [0.4, 0.5) is 17.6 Å². The molecule has 1 aromatic rings. The van der Waals surface area contributed by atoms with Gasteiger partial charge in [-0.1, -0.05) is 0 Å². The van der Waals surface area contributed by atoms with Gasteiger partial charge in [0.05, 0.1) is 19.3 Å². The quantitative estimate of drug-likeness (QED) is 0.781. The molecule has 0 unspecified atom stereocenters. The molecule has 2 nitrogen and oxygen atoms in total. The van der Waals surface area contributed by atoms with Crippen molar-refractivity contribution in [2.45, 2.75) is 12.8 Å². The first kappa shape index (κ1) is 11.8. The Kier molecular flexibility index (Phi) is 3.18. The molecule has 0 amide bonds. The van der Waals surface area contributed by atoms with Crippen LogP contribution in [0.3, 0.4) is 0 Å². The summed E-state index contributed by atoms with van der Waals surface area (Å²) in [7, 11) is 1.12. The Bertz CT molecular complexity index is 360. The Morgan fingerprint density at radius 1 is 1.33 bits per heavy atom. The Labute approximate surface area is 83.1 Å². The summed E-state index contributed by atoms with van der Waals surface area (Å²) in [5.41, 5.74) is -1.38. The fraction of sp³-hybridized carbons (Fsp3) is 0.333. The molecule has 0 fully saturated rings. The predicted octanol–water partition coefficient (Wildman–Crippen LogP) is 2.35. The number of benzene rings is 1. The van der Waals surface area contributed by atoms with Crippen molar-refractivity contribution in [1.29, 1.82) is 0 Å². The van der Waals surface area contributed by atoms with Crippen LogP contribution in [0.25, 0.3) is 0 Å². The highest BCUT2D eigenvalue weighted by Crippen LogP contribution is 2.34. The van der Waals surface area contributed by atoms with Crippen LogP contribution in [0.15, 0.2) is 12.1 Å². The maximum atomic E-state index is 13.1. The lowest BCUT2D eigenvalue weighted by Crippen LogP contribution is -2.08. The third-order valence-corrected chi connectivity index (χ3v) is 1.82. The van der Waals surface area contributed by atoms with E-state index in [1.165, 1.54) is 0 Å². The maximum Gasteiger partial charge on any atom is 0.416 e. The second-order valence-electron chi connectivity index (χ2n) is 2.81. The Morgan fingerprint density at radius 2 is 1.93 bits per heavy atom. The number of ether oxygens (including phenoxy) is 1. The summed E-state index contributed by atoms with van der Waals surface area (Å²) in [6, 6.07) is 0.986. The smallest absolute Gasteiger partial charge is 0.416 e. The predicted molar refractivity (Wildman–Crippen MR) is 43.9 cm³/mol. The highest BCUT2D eigenvalue weighted by molar-refractivity contribution is 5.39. The van der Waals surface area contributed by atoms with Gasteiger partial charge < -0.3 is 9.84 Å². The highest BCUT2D eigenvalue weighted by atomic mass is 19.4. The van der Waals surface area contributed by atoms with E-state index in [0.717, 1.165) is 7.11 Å². The number of hydrogen-bond acceptors (Lipinski definition) is 2. The van der Waals surface area contributed by atoms with E-state index in [4.69, 9.17) is 5.11 Å². The van der Waals surface area contributed by atoms with Crippen molar-refractivity contribution in [3.8, 4) is 5.75 Å². The summed E-state index contributed by atoms with van der Waals surface area (Å²) in [6.45, 7) is -0.718. The van der Waals surface area contributed by atoms with Crippen LogP contribution in [0.5, 0.6) is 5.75 Å². The van der Waals surface area contributed by atoms with Crippen LogP contribution < -0.4 is 4.74 Å². The van der Waals surface area contributed by atoms with Crippen LogP contribution in [0.1, 0.15) is 11.1 Å². The van der Waals surface area contributed by atoms with Gasteiger partial charge in [0.2, 0.25) is 0 Å². The number of methoxy groups -OCH3 is 1. The van der Waals surface area contributed by atoms with Crippen molar-refractivity contribution in [1.82, 2.24) is 0 Å². The van der Waals surface area contributed by atoms with Gasteiger partial charge in [-0.05, 0) is 12.1 Å². The van der Waals surface area contributed by atoms with E-state index in [1.807, 2.05) is 0 Å². The van der Waals surface area contributed by atoms with Gasteiger partial charge in [0.15, 0.2) is 11.6 Å². The molecule has 0 bridgehead atoms. The number of alkyl halides is 3. The summed E-state index contributed by atoms with van der Waals surface area (Å²) in [4.78, 5) is 0. The SMILES string of the molecule is COc1c(F)cc(C(F)(F)F)cc1CO. The van der Waals surface area contributed by atoms with Crippen LogP contribution in [0.2, 0.25) is 0 Å². The first-order valence-electron chi connectivity index (χ1n) is 3.94. The van der Waals surface area contributed by atoms with E-state index in [1.54, 1.807) is 0 Å². The van der Waals surface area contributed by atoms with Crippen LogP contribution in [-0.4, -0.2) is 12.2 Å². The number of rotatable bonds is 2. The maximum absolute atomic E-state index is 13.1. The van der Waals surface area contributed by atoms with E-state index in [2.05, 4.69) is 4.74 Å². The zero-order valence-corrected chi connectivity index (χ0v) is 7.73. The van der Waals surface area contributed by atoms with Gasteiger partial charge in [0, 0.05) is 5.56 Å². The van der Waals surface area contributed by atoms with E-state index in [0.29, 0.717) is 12.1 Å². The van der Waals surface area contributed by atoms with Crippen molar-refractivity contribution in [2.24, 2.45) is 0 Å². The Balaban J connectivity index is 3.32. The molecule has 0 saturated carbocycles. The first-order chi connectivity index (χ1) is 6.90. The topological polar surface area (TPSA) is 29.5 Å². The van der Waals surface area contributed by atoms with Gasteiger partial charge >= 0.3 is 6.18 Å². The van der Waals surface area contributed by atoms with Gasteiger partial charge in [-0.25, -0.2) is 4.39 Å². The average Bonchev–Trinajstić information content (AvgIpc) is 2.15. The van der Waals surface area contributed by atoms with Crippen LogP contribution in [-0.2, 0) is 12.8 Å². The van der Waals surface area contributed by atoms with E-state index < -0.39 is 24.2 Å². The lowest BCUT2D eigenvalue weighted by Gasteiger charge is -2.12. The number of aliphatic hydroxyl groups excluding tert-OH is 1. The van der Waals surface area contributed by atoms with E-state index >= 15 is 0 Å². The summed E-state index contributed by atoms with van der Waals surface area (Å²) < 4.78 is 54.3. The van der Waals surface area contributed by atoms with Crippen molar-refractivity contribution in [3.63, 3.8) is 0 Å². The van der Waals surface area contributed by atoms with Gasteiger partial charge in [0.25, 0.3) is 0 Å². The first-order valence-corrected chi connectivity index (χ1v) is 3.94. The number of halogens is 4. The van der Waals surface area contributed by atoms with E-state index in [9.17, 15) is 17.6 Å². The fourth-order valence-corrected chi connectivity index (χ4v) is 1.16. The fourth-order valence-electron chi connectivity index (χ4n) is 1.16. The molecule has 0 saturated heterocycles. The Morgan fingerprint density at radius 3 is 2.33 bits per heavy atom. The molecule has 1 N–H and O–H groups in total. The van der Waals surface area contributed by atoms with Crippen molar-refractivity contribution in [2.75, 3.05) is 7.11 Å². The molecule has 15 heavy (non-hydrogen) atoms. The molecule has 6 heteroatoms. The Hall–Kier alpha value is -1.30. The zero-order chi connectivity index (χ0) is 11.6. The molecule has 0 heterocycles. The normalized spacial score (nSPS) is 11.6. The molecular weight excluding hydrogens is 216 g/mol.